The molecule has 1 unspecified atom stereocenters. The zero-order valence-corrected chi connectivity index (χ0v) is 10.8. The summed E-state index contributed by atoms with van der Waals surface area (Å²) < 4.78 is 2.07. The lowest BCUT2D eigenvalue weighted by atomic mass is 10.1. The van der Waals surface area contributed by atoms with E-state index < -0.39 is 0 Å². The number of amides is 2. The lowest BCUT2D eigenvalue weighted by Crippen LogP contribution is -2.25. The largest absolute Gasteiger partial charge is 0.336 e. The van der Waals surface area contributed by atoms with Crippen LogP contribution in [0.15, 0.2) is 18.2 Å². The summed E-state index contributed by atoms with van der Waals surface area (Å²) in [5.41, 5.74) is 3.23. The van der Waals surface area contributed by atoms with Gasteiger partial charge in [-0.3, -0.25) is 0 Å². The Labute approximate surface area is 105 Å². The topological polar surface area (TPSA) is 50.2 Å². The van der Waals surface area contributed by atoms with E-state index in [1.807, 2.05) is 21.0 Å². The number of hydrogen-bond donors (Lipinski definition) is 1. The Hall–Kier alpha value is -2.04. The number of benzene rings is 1. The minimum Gasteiger partial charge on any atom is -0.336 e. The summed E-state index contributed by atoms with van der Waals surface area (Å²) in [5.74, 6) is 0.996. The van der Waals surface area contributed by atoms with Crippen LogP contribution in [0.2, 0.25) is 0 Å². The van der Waals surface area contributed by atoms with Gasteiger partial charge in [-0.1, -0.05) is 6.07 Å². The molecular formula is C13H16N4O. The molecule has 1 N–H and O–H groups in total. The van der Waals surface area contributed by atoms with E-state index in [2.05, 4.69) is 33.1 Å². The molecule has 2 heterocycles. The third-order valence-corrected chi connectivity index (χ3v) is 3.75. The van der Waals surface area contributed by atoms with Gasteiger partial charge in [0.1, 0.15) is 5.82 Å². The summed E-state index contributed by atoms with van der Waals surface area (Å²) in [4.78, 5) is 17.7. The molecule has 0 radical (unpaired) electrons. The second kappa shape index (κ2) is 3.73. The van der Waals surface area contributed by atoms with E-state index in [1.165, 1.54) is 0 Å². The first-order valence-electron chi connectivity index (χ1n) is 6.01. The quantitative estimate of drug-likeness (QED) is 0.828. The van der Waals surface area contributed by atoms with E-state index in [0.29, 0.717) is 6.54 Å². The molecule has 0 saturated carbocycles. The molecule has 1 aliphatic rings. The molecule has 1 fully saturated rings. The predicted molar refractivity (Wildman–Crippen MR) is 69.4 cm³/mol. The zero-order valence-electron chi connectivity index (χ0n) is 10.8. The summed E-state index contributed by atoms with van der Waals surface area (Å²) in [6.45, 7) is 2.65. The van der Waals surface area contributed by atoms with Gasteiger partial charge in [0.25, 0.3) is 0 Å². The van der Waals surface area contributed by atoms with Gasteiger partial charge in [0.05, 0.1) is 17.1 Å². The third kappa shape index (κ3) is 1.47. The Bertz CT molecular complexity index is 631. The molecule has 5 nitrogen and oxygen atoms in total. The monoisotopic (exact) mass is 244 g/mol. The number of urea groups is 1. The van der Waals surface area contributed by atoms with Gasteiger partial charge in [0, 0.05) is 20.6 Å². The van der Waals surface area contributed by atoms with Gasteiger partial charge in [0.15, 0.2) is 0 Å². The Morgan fingerprint density at radius 2 is 2.17 bits per heavy atom. The van der Waals surface area contributed by atoms with E-state index in [9.17, 15) is 4.79 Å². The number of aryl methyl sites for hydroxylation is 2. The van der Waals surface area contributed by atoms with Crippen molar-refractivity contribution in [2.75, 3.05) is 13.6 Å². The van der Waals surface area contributed by atoms with Crippen LogP contribution in [0.5, 0.6) is 0 Å². The maximum atomic E-state index is 11.5. The van der Waals surface area contributed by atoms with E-state index in [4.69, 9.17) is 0 Å². The predicted octanol–water partition coefficient (Wildman–Crippen LogP) is 1.58. The number of nitrogens with one attached hydrogen (secondary N) is 1. The number of hydrogen-bond acceptors (Lipinski definition) is 2. The highest BCUT2D eigenvalue weighted by Gasteiger charge is 2.28. The molecule has 2 amide bonds. The van der Waals surface area contributed by atoms with Crippen molar-refractivity contribution in [2.45, 2.75) is 13.0 Å². The molecule has 1 atom stereocenters. The van der Waals surface area contributed by atoms with E-state index in [0.717, 1.165) is 22.4 Å². The van der Waals surface area contributed by atoms with Gasteiger partial charge >= 0.3 is 6.03 Å². The van der Waals surface area contributed by atoms with E-state index in [1.54, 1.807) is 4.90 Å². The van der Waals surface area contributed by atoms with Gasteiger partial charge in [-0.05, 0) is 24.6 Å². The fourth-order valence-electron chi connectivity index (χ4n) is 2.47. The molecule has 94 valence electrons. The highest BCUT2D eigenvalue weighted by Crippen LogP contribution is 2.26. The third-order valence-electron chi connectivity index (χ3n) is 3.75. The molecule has 2 aromatic rings. The molecule has 1 aliphatic heterocycles. The van der Waals surface area contributed by atoms with Gasteiger partial charge in [0.2, 0.25) is 0 Å². The molecule has 0 aliphatic carbocycles. The van der Waals surface area contributed by atoms with Gasteiger partial charge in [-0.2, -0.15) is 0 Å². The van der Waals surface area contributed by atoms with Gasteiger partial charge < -0.3 is 14.8 Å². The first kappa shape index (κ1) is 11.1. The first-order valence-corrected chi connectivity index (χ1v) is 6.01. The summed E-state index contributed by atoms with van der Waals surface area (Å²) >= 11 is 0. The van der Waals surface area contributed by atoms with Crippen molar-refractivity contribution < 1.29 is 4.79 Å². The molecule has 5 heteroatoms. The second-order valence-corrected chi connectivity index (χ2v) is 4.78. The Morgan fingerprint density at radius 3 is 2.83 bits per heavy atom. The van der Waals surface area contributed by atoms with Crippen molar-refractivity contribution in [3.05, 3.63) is 29.6 Å². The van der Waals surface area contributed by atoms with Crippen molar-refractivity contribution in [2.24, 2.45) is 7.05 Å². The molecule has 0 spiro atoms. The van der Waals surface area contributed by atoms with Crippen LogP contribution in [-0.4, -0.2) is 34.1 Å². The molecule has 1 saturated heterocycles. The molecule has 3 rings (SSSR count). The second-order valence-electron chi connectivity index (χ2n) is 4.78. The molecule has 1 aromatic heterocycles. The number of imidazole rings is 1. The van der Waals surface area contributed by atoms with Crippen LogP contribution in [0.4, 0.5) is 4.79 Å². The molecule has 1 aromatic carbocycles. The average molecular weight is 244 g/mol. The Morgan fingerprint density at radius 1 is 1.39 bits per heavy atom. The van der Waals surface area contributed by atoms with Crippen molar-refractivity contribution in [3.63, 3.8) is 0 Å². The van der Waals surface area contributed by atoms with Crippen LogP contribution < -0.4 is 5.32 Å². The van der Waals surface area contributed by atoms with Crippen molar-refractivity contribution >= 4 is 17.1 Å². The lowest BCUT2D eigenvalue weighted by molar-refractivity contribution is 0.217. The maximum absolute atomic E-state index is 11.5. The van der Waals surface area contributed by atoms with Crippen molar-refractivity contribution in [3.8, 4) is 0 Å². The smallest absolute Gasteiger partial charge is 0.317 e. The minimum absolute atomic E-state index is 0.0164. The number of carbonyl (C=O) groups is 1. The van der Waals surface area contributed by atoms with Gasteiger partial charge in [-0.25, -0.2) is 9.78 Å². The number of aromatic nitrogens is 2. The van der Waals surface area contributed by atoms with Crippen LogP contribution >= 0.6 is 0 Å². The van der Waals surface area contributed by atoms with Crippen LogP contribution in [0.25, 0.3) is 11.0 Å². The van der Waals surface area contributed by atoms with E-state index >= 15 is 0 Å². The number of nitrogens with zero attached hydrogens (tertiary/aromatic N) is 3. The van der Waals surface area contributed by atoms with Crippen molar-refractivity contribution in [1.29, 1.82) is 0 Å². The zero-order chi connectivity index (χ0) is 12.9. The number of carbonyl (C=O) groups excluding carboxylic acids is 1. The van der Waals surface area contributed by atoms with E-state index in [-0.39, 0.29) is 12.1 Å². The first-order chi connectivity index (χ1) is 8.58. The molecule has 0 bridgehead atoms. The fourth-order valence-corrected chi connectivity index (χ4v) is 2.47. The highest BCUT2D eigenvalue weighted by molar-refractivity contribution is 5.79. The fraction of sp³-hybridized carbons (Fsp3) is 0.385. The van der Waals surface area contributed by atoms with Crippen LogP contribution in [0, 0.1) is 6.92 Å². The minimum atomic E-state index is -0.0164. The molecular weight excluding hydrogens is 228 g/mol. The van der Waals surface area contributed by atoms with Gasteiger partial charge in [-0.15, -0.1) is 0 Å². The lowest BCUT2D eigenvalue weighted by Gasteiger charge is -2.18. The summed E-state index contributed by atoms with van der Waals surface area (Å²) in [7, 11) is 3.83. The normalized spacial score (nSPS) is 19.6. The average Bonchev–Trinajstić information content (AvgIpc) is 2.82. The Kier molecular flexibility index (Phi) is 2.29. The number of fused-ring (bicyclic) bond motifs is 1. The Balaban J connectivity index is 2.06. The summed E-state index contributed by atoms with van der Waals surface area (Å²) in [6, 6.07) is 6.30. The van der Waals surface area contributed by atoms with Crippen LogP contribution in [0.3, 0.4) is 0 Å². The standard InChI is InChI=1S/C13H16N4O/c1-8-15-10-6-9(4-5-11(10)16(8)2)12-7-14-13(18)17(12)3/h4-6,12H,7H2,1-3H3,(H,14,18). The molecule has 18 heavy (non-hydrogen) atoms. The number of rotatable bonds is 1. The van der Waals surface area contributed by atoms with Crippen molar-refractivity contribution in [1.82, 2.24) is 19.8 Å². The SMILES string of the molecule is Cc1nc2cc(C3CNC(=O)N3C)ccc2n1C. The van der Waals surface area contributed by atoms with Crippen LogP contribution in [0.1, 0.15) is 17.4 Å². The summed E-state index contributed by atoms with van der Waals surface area (Å²) in [5, 5.41) is 2.84. The maximum Gasteiger partial charge on any atom is 0.317 e. The van der Waals surface area contributed by atoms with Crippen LogP contribution in [-0.2, 0) is 7.05 Å². The summed E-state index contributed by atoms with van der Waals surface area (Å²) in [6.07, 6.45) is 0. The highest BCUT2D eigenvalue weighted by atomic mass is 16.2. The number of likely N-dealkylation sites (N-methyl/N-ethyl adjacent to an activating group) is 1.